The van der Waals surface area contributed by atoms with E-state index >= 15 is 0 Å². The molecule has 1 aromatic carbocycles. The number of nitrogens with one attached hydrogen (secondary N) is 1. The summed E-state index contributed by atoms with van der Waals surface area (Å²) in [6, 6.07) is 7.60. The van der Waals surface area contributed by atoms with Gasteiger partial charge < -0.3 is 15.0 Å². The minimum absolute atomic E-state index is 0.142. The van der Waals surface area contributed by atoms with Gasteiger partial charge in [-0.05, 0) is 50.5 Å². The molecule has 5 heteroatoms. The number of ether oxygens (including phenoxy) is 1. The highest BCUT2D eigenvalue weighted by Crippen LogP contribution is 2.15. The molecule has 0 aliphatic carbocycles. The molecule has 0 spiro atoms. The van der Waals surface area contributed by atoms with Crippen LogP contribution < -0.4 is 10.1 Å². The standard InChI is InChI=1S/C16H23BrN2O2/c1-13(16(20)19-10-3-2-4-11-19)18-9-12-21-15-7-5-14(17)6-8-15/h5-8,13,18H,2-4,9-12H2,1H3. The number of benzene rings is 1. The molecular weight excluding hydrogens is 332 g/mol. The van der Waals surface area contributed by atoms with Gasteiger partial charge in [-0.3, -0.25) is 4.79 Å². The lowest BCUT2D eigenvalue weighted by molar-refractivity contribution is -0.133. The molecule has 0 bridgehead atoms. The smallest absolute Gasteiger partial charge is 0.239 e. The van der Waals surface area contributed by atoms with E-state index in [0.717, 1.165) is 36.2 Å². The van der Waals surface area contributed by atoms with Crippen LogP contribution in [0, 0.1) is 0 Å². The van der Waals surface area contributed by atoms with E-state index in [1.54, 1.807) is 0 Å². The van der Waals surface area contributed by atoms with E-state index in [2.05, 4.69) is 21.2 Å². The molecule has 0 saturated carbocycles. The van der Waals surface area contributed by atoms with E-state index in [-0.39, 0.29) is 11.9 Å². The predicted molar refractivity (Wildman–Crippen MR) is 87.5 cm³/mol. The van der Waals surface area contributed by atoms with Crippen LogP contribution in [0.5, 0.6) is 5.75 Å². The van der Waals surface area contributed by atoms with Crippen LogP contribution >= 0.6 is 15.9 Å². The first-order valence-corrected chi connectivity index (χ1v) is 8.36. The highest BCUT2D eigenvalue weighted by Gasteiger charge is 2.21. The van der Waals surface area contributed by atoms with Crippen molar-refractivity contribution >= 4 is 21.8 Å². The zero-order valence-corrected chi connectivity index (χ0v) is 14.1. The molecule has 21 heavy (non-hydrogen) atoms. The van der Waals surface area contributed by atoms with Gasteiger partial charge in [0, 0.05) is 24.1 Å². The van der Waals surface area contributed by atoms with E-state index in [9.17, 15) is 4.79 Å². The molecule has 1 unspecified atom stereocenters. The number of likely N-dealkylation sites (tertiary alicyclic amines) is 1. The van der Waals surface area contributed by atoms with Crippen LogP contribution in [-0.4, -0.2) is 43.1 Å². The Balaban J connectivity index is 1.65. The third-order valence-corrected chi connectivity index (χ3v) is 4.20. The van der Waals surface area contributed by atoms with Crippen LogP contribution in [0.3, 0.4) is 0 Å². The highest BCUT2D eigenvalue weighted by molar-refractivity contribution is 9.10. The zero-order chi connectivity index (χ0) is 15.1. The average Bonchev–Trinajstić information content (AvgIpc) is 2.53. The van der Waals surface area contributed by atoms with Crippen molar-refractivity contribution in [1.29, 1.82) is 0 Å². The lowest BCUT2D eigenvalue weighted by Crippen LogP contribution is -2.47. The molecule has 1 N–H and O–H groups in total. The second kappa shape index (κ2) is 8.39. The summed E-state index contributed by atoms with van der Waals surface area (Å²) in [4.78, 5) is 14.2. The number of carbonyl (C=O) groups excluding carboxylic acids is 1. The van der Waals surface area contributed by atoms with Crippen molar-refractivity contribution in [3.8, 4) is 5.75 Å². The number of hydrogen-bond donors (Lipinski definition) is 1. The summed E-state index contributed by atoms with van der Waals surface area (Å²) < 4.78 is 6.66. The predicted octanol–water partition coefficient (Wildman–Crippen LogP) is 2.82. The minimum atomic E-state index is -0.142. The van der Waals surface area contributed by atoms with Gasteiger partial charge in [0.15, 0.2) is 0 Å². The van der Waals surface area contributed by atoms with Crippen molar-refractivity contribution < 1.29 is 9.53 Å². The van der Waals surface area contributed by atoms with Crippen molar-refractivity contribution in [3.05, 3.63) is 28.7 Å². The minimum Gasteiger partial charge on any atom is -0.492 e. The first-order valence-electron chi connectivity index (χ1n) is 7.57. The molecule has 1 amide bonds. The summed E-state index contributed by atoms with van der Waals surface area (Å²) in [7, 11) is 0. The van der Waals surface area contributed by atoms with Gasteiger partial charge in [-0.2, -0.15) is 0 Å². The molecule has 1 heterocycles. The van der Waals surface area contributed by atoms with Crippen molar-refractivity contribution in [3.63, 3.8) is 0 Å². The molecular formula is C16H23BrN2O2. The Morgan fingerprint density at radius 3 is 2.62 bits per heavy atom. The Morgan fingerprint density at radius 2 is 1.95 bits per heavy atom. The Morgan fingerprint density at radius 1 is 1.29 bits per heavy atom. The number of carbonyl (C=O) groups is 1. The maximum absolute atomic E-state index is 12.2. The Labute approximate surface area is 135 Å². The number of amides is 1. The summed E-state index contributed by atoms with van der Waals surface area (Å²) in [6.45, 7) is 4.95. The average molecular weight is 355 g/mol. The van der Waals surface area contributed by atoms with Crippen LogP contribution in [0.15, 0.2) is 28.7 Å². The van der Waals surface area contributed by atoms with E-state index < -0.39 is 0 Å². The maximum atomic E-state index is 12.2. The number of nitrogens with zero attached hydrogens (tertiary/aromatic N) is 1. The molecule has 1 aliphatic heterocycles. The zero-order valence-electron chi connectivity index (χ0n) is 12.5. The first-order chi connectivity index (χ1) is 10.2. The molecule has 1 aromatic rings. The van der Waals surface area contributed by atoms with Gasteiger partial charge in [-0.15, -0.1) is 0 Å². The van der Waals surface area contributed by atoms with E-state index in [0.29, 0.717) is 13.2 Å². The van der Waals surface area contributed by atoms with Gasteiger partial charge in [0.25, 0.3) is 0 Å². The lowest BCUT2D eigenvalue weighted by Gasteiger charge is -2.29. The summed E-state index contributed by atoms with van der Waals surface area (Å²) in [5.41, 5.74) is 0. The second-order valence-corrected chi connectivity index (χ2v) is 6.28. The Hall–Kier alpha value is -1.07. The molecule has 1 fully saturated rings. The van der Waals surface area contributed by atoms with Crippen LogP contribution in [0.1, 0.15) is 26.2 Å². The topological polar surface area (TPSA) is 41.6 Å². The normalized spacial score (nSPS) is 16.6. The Bertz CT molecular complexity index is 444. The molecule has 0 radical (unpaired) electrons. The summed E-state index contributed by atoms with van der Waals surface area (Å²) in [5.74, 6) is 1.05. The van der Waals surface area contributed by atoms with Crippen molar-refractivity contribution in [2.75, 3.05) is 26.2 Å². The van der Waals surface area contributed by atoms with E-state index in [1.165, 1.54) is 6.42 Å². The lowest BCUT2D eigenvalue weighted by atomic mass is 10.1. The third-order valence-electron chi connectivity index (χ3n) is 3.67. The highest BCUT2D eigenvalue weighted by atomic mass is 79.9. The molecule has 1 aliphatic rings. The number of hydrogen-bond acceptors (Lipinski definition) is 3. The number of halogens is 1. The molecule has 1 saturated heterocycles. The van der Waals surface area contributed by atoms with Gasteiger partial charge in [0.2, 0.25) is 5.91 Å². The van der Waals surface area contributed by atoms with E-state index in [1.807, 2.05) is 36.1 Å². The summed E-state index contributed by atoms with van der Waals surface area (Å²) >= 11 is 3.39. The van der Waals surface area contributed by atoms with Gasteiger partial charge in [-0.1, -0.05) is 15.9 Å². The van der Waals surface area contributed by atoms with E-state index in [4.69, 9.17) is 4.74 Å². The van der Waals surface area contributed by atoms with Crippen LogP contribution in [0.25, 0.3) is 0 Å². The molecule has 2 rings (SSSR count). The molecule has 1 atom stereocenters. The first kappa shape index (κ1) is 16.3. The van der Waals surface area contributed by atoms with Gasteiger partial charge >= 0.3 is 0 Å². The Kier molecular flexibility index (Phi) is 6.51. The number of piperidine rings is 1. The molecule has 4 nitrogen and oxygen atoms in total. The van der Waals surface area contributed by atoms with Crippen LogP contribution in [-0.2, 0) is 4.79 Å². The summed E-state index contributed by atoms with van der Waals surface area (Å²) in [5, 5.41) is 3.24. The van der Waals surface area contributed by atoms with Gasteiger partial charge in [-0.25, -0.2) is 0 Å². The van der Waals surface area contributed by atoms with Crippen LogP contribution in [0.2, 0.25) is 0 Å². The fourth-order valence-electron chi connectivity index (χ4n) is 2.45. The molecule has 116 valence electrons. The van der Waals surface area contributed by atoms with Crippen molar-refractivity contribution in [2.45, 2.75) is 32.2 Å². The SMILES string of the molecule is CC(NCCOc1ccc(Br)cc1)C(=O)N1CCCCC1. The van der Waals surface area contributed by atoms with Gasteiger partial charge in [0.1, 0.15) is 12.4 Å². The quantitative estimate of drug-likeness (QED) is 0.798. The monoisotopic (exact) mass is 354 g/mol. The van der Waals surface area contributed by atoms with Crippen molar-refractivity contribution in [2.24, 2.45) is 0 Å². The maximum Gasteiger partial charge on any atom is 0.239 e. The van der Waals surface area contributed by atoms with Crippen LogP contribution in [0.4, 0.5) is 0 Å². The number of rotatable bonds is 6. The second-order valence-electron chi connectivity index (χ2n) is 5.36. The fourth-order valence-corrected chi connectivity index (χ4v) is 2.71. The summed E-state index contributed by atoms with van der Waals surface area (Å²) in [6.07, 6.45) is 3.50. The third kappa shape index (κ3) is 5.32. The van der Waals surface area contributed by atoms with Crippen molar-refractivity contribution in [1.82, 2.24) is 10.2 Å². The molecule has 0 aromatic heterocycles. The van der Waals surface area contributed by atoms with Gasteiger partial charge in [0.05, 0.1) is 6.04 Å². The largest absolute Gasteiger partial charge is 0.492 e. The fraction of sp³-hybridized carbons (Fsp3) is 0.562.